The van der Waals surface area contributed by atoms with Crippen LogP contribution in [0.4, 0.5) is 5.69 Å². The summed E-state index contributed by atoms with van der Waals surface area (Å²) < 4.78 is 0. The molecular weight excluding hydrogens is 192 g/mol. The molecule has 0 aliphatic carbocycles. The summed E-state index contributed by atoms with van der Waals surface area (Å²) in [6.07, 6.45) is 0.845. The first kappa shape index (κ1) is 11.1. The van der Waals surface area contributed by atoms with E-state index in [4.69, 9.17) is 5.53 Å². The summed E-state index contributed by atoms with van der Waals surface area (Å²) in [4.78, 5) is 13.8. The summed E-state index contributed by atoms with van der Waals surface area (Å²) in [6.45, 7) is 1.84. The number of rotatable bonds is 4. The van der Waals surface area contributed by atoms with Gasteiger partial charge in [-0.1, -0.05) is 30.2 Å². The zero-order valence-electron chi connectivity index (χ0n) is 8.47. The van der Waals surface area contributed by atoms with E-state index in [9.17, 15) is 4.79 Å². The Morgan fingerprint density at radius 1 is 1.53 bits per heavy atom. The third kappa shape index (κ3) is 3.32. The average Bonchev–Trinajstić information content (AvgIpc) is 2.27. The highest BCUT2D eigenvalue weighted by atomic mass is 16.1. The fourth-order valence-electron chi connectivity index (χ4n) is 1.24. The van der Waals surface area contributed by atoms with E-state index >= 15 is 0 Å². The lowest BCUT2D eigenvalue weighted by atomic mass is 10.1. The summed E-state index contributed by atoms with van der Waals surface area (Å²) in [5.41, 5.74) is 9.90. The van der Waals surface area contributed by atoms with Crippen LogP contribution >= 0.6 is 0 Å². The number of carbonyl (C=O) groups is 1. The molecule has 1 aromatic rings. The number of nitrogens with zero attached hydrogens (tertiary/aromatic N) is 3. The molecule has 0 bridgehead atoms. The van der Waals surface area contributed by atoms with E-state index in [2.05, 4.69) is 15.3 Å². The molecule has 15 heavy (non-hydrogen) atoms. The third-order valence-corrected chi connectivity index (χ3v) is 1.95. The van der Waals surface area contributed by atoms with E-state index in [1.807, 2.05) is 31.2 Å². The van der Waals surface area contributed by atoms with Gasteiger partial charge in [0.2, 0.25) is 5.91 Å². The highest BCUT2D eigenvalue weighted by molar-refractivity contribution is 5.93. The number of hydrogen-bond donors (Lipinski definition) is 1. The first-order valence-electron chi connectivity index (χ1n) is 4.66. The Kier molecular flexibility index (Phi) is 4.19. The number of benzene rings is 1. The molecule has 0 aliphatic heterocycles. The van der Waals surface area contributed by atoms with Gasteiger partial charge in [0.1, 0.15) is 6.54 Å². The highest BCUT2D eigenvalue weighted by Crippen LogP contribution is 2.14. The van der Waals surface area contributed by atoms with Gasteiger partial charge in [-0.3, -0.25) is 4.79 Å². The molecule has 5 nitrogen and oxygen atoms in total. The minimum absolute atomic E-state index is 0.172. The van der Waals surface area contributed by atoms with Crippen molar-refractivity contribution in [3.63, 3.8) is 0 Å². The Labute approximate surface area is 87.7 Å². The van der Waals surface area contributed by atoms with Crippen molar-refractivity contribution in [1.29, 1.82) is 0 Å². The van der Waals surface area contributed by atoms with Gasteiger partial charge in [0.05, 0.1) is 0 Å². The second-order valence-electron chi connectivity index (χ2n) is 2.95. The molecule has 1 N–H and O–H groups in total. The van der Waals surface area contributed by atoms with Gasteiger partial charge in [-0.15, -0.1) is 0 Å². The number of azide groups is 1. The maximum atomic E-state index is 11.3. The van der Waals surface area contributed by atoms with E-state index in [-0.39, 0.29) is 12.5 Å². The molecule has 0 atom stereocenters. The van der Waals surface area contributed by atoms with Gasteiger partial charge in [0.25, 0.3) is 0 Å². The Morgan fingerprint density at radius 2 is 2.27 bits per heavy atom. The number of para-hydroxylation sites is 1. The van der Waals surface area contributed by atoms with Crippen LogP contribution in [0.1, 0.15) is 12.5 Å². The second-order valence-corrected chi connectivity index (χ2v) is 2.95. The Morgan fingerprint density at radius 3 is 2.93 bits per heavy atom. The van der Waals surface area contributed by atoms with Crippen molar-refractivity contribution in [3.8, 4) is 0 Å². The maximum absolute atomic E-state index is 11.3. The molecule has 0 aromatic heterocycles. The zero-order valence-corrected chi connectivity index (χ0v) is 8.47. The third-order valence-electron chi connectivity index (χ3n) is 1.95. The summed E-state index contributed by atoms with van der Waals surface area (Å²) in [5, 5.41) is 5.88. The van der Waals surface area contributed by atoms with Crippen LogP contribution in [0.5, 0.6) is 0 Å². The van der Waals surface area contributed by atoms with Crippen molar-refractivity contribution in [2.75, 3.05) is 11.9 Å². The average molecular weight is 204 g/mol. The van der Waals surface area contributed by atoms with Crippen molar-refractivity contribution in [2.24, 2.45) is 5.11 Å². The number of amides is 1. The van der Waals surface area contributed by atoms with Crippen LogP contribution in [0.3, 0.4) is 0 Å². The number of hydrogen-bond acceptors (Lipinski definition) is 2. The van der Waals surface area contributed by atoms with Gasteiger partial charge in [-0.25, -0.2) is 0 Å². The van der Waals surface area contributed by atoms with E-state index in [0.29, 0.717) is 0 Å². The summed E-state index contributed by atoms with van der Waals surface area (Å²) in [7, 11) is 0. The standard InChI is InChI=1S/C10H12N4O/c1-2-8-5-3-4-6-9(8)13-10(15)7-12-14-11/h3-6H,2,7H2,1H3,(H,13,15). The molecular formula is C10H12N4O. The Balaban J connectivity index is 2.71. The maximum Gasteiger partial charge on any atom is 0.230 e. The van der Waals surface area contributed by atoms with Gasteiger partial charge >= 0.3 is 0 Å². The Bertz CT molecular complexity index is 396. The van der Waals surface area contributed by atoms with Gasteiger partial charge in [-0.05, 0) is 23.6 Å². The predicted molar refractivity (Wildman–Crippen MR) is 58.5 cm³/mol. The lowest BCUT2D eigenvalue weighted by Gasteiger charge is -2.07. The van der Waals surface area contributed by atoms with Crippen LogP contribution in [0.25, 0.3) is 10.4 Å². The van der Waals surface area contributed by atoms with Gasteiger partial charge < -0.3 is 5.32 Å². The van der Waals surface area contributed by atoms with Crippen LogP contribution in [-0.4, -0.2) is 12.5 Å². The first-order valence-corrected chi connectivity index (χ1v) is 4.66. The molecule has 0 radical (unpaired) electrons. The molecule has 0 saturated carbocycles. The number of carbonyl (C=O) groups excluding carboxylic acids is 1. The SMILES string of the molecule is CCc1ccccc1NC(=O)CN=[N+]=[N-]. The molecule has 0 spiro atoms. The number of nitrogens with one attached hydrogen (secondary N) is 1. The molecule has 5 heteroatoms. The lowest BCUT2D eigenvalue weighted by Crippen LogP contribution is -2.15. The van der Waals surface area contributed by atoms with E-state index in [1.54, 1.807) is 0 Å². The minimum atomic E-state index is -0.297. The van der Waals surface area contributed by atoms with Crippen molar-refractivity contribution < 1.29 is 4.79 Å². The van der Waals surface area contributed by atoms with Crippen LogP contribution in [0.2, 0.25) is 0 Å². The monoisotopic (exact) mass is 204 g/mol. The van der Waals surface area contributed by atoms with Gasteiger partial charge in [0, 0.05) is 10.6 Å². The highest BCUT2D eigenvalue weighted by Gasteiger charge is 2.03. The molecule has 1 rings (SSSR count). The predicted octanol–water partition coefficient (Wildman–Crippen LogP) is 2.50. The molecule has 78 valence electrons. The molecule has 0 saturated heterocycles. The largest absolute Gasteiger partial charge is 0.326 e. The molecule has 1 amide bonds. The van der Waals surface area contributed by atoms with Crippen molar-refractivity contribution in [1.82, 2.24) is 0 Å². The van der Waals surface area contributed by atoms with Gasteiger partial charge in [0.15, 0.2) is 0 Å². The van der Waals surface area contributed by atoms with Crippen LogP contribution < -0.4 is 5.32 Å². The van der Waals surface area contributed by atoms with E-state index in [0.717, 1.165) is 17.7 Å². The van der Waals surface area contributed by atoms with Crippen molar-refractivity contribution in [3.05, 3.63) is 40.3 Å². The Hall–Kier alpha value is -2.00. The minimum Gasteiger partial charge on any atom is -0.326 e. The van der Waals surface area contributed by atoms with Crippen LogP contribution in [-0.2, 0) is 11.2 Å². The normalized spacial score (nSPS) is 9.13. The van der Waals surface area contributed by atoms with Crippen LogP contribution in [0.15, 0.2) is 29.4 Å². The molecule has 0 heterocycles. The van der Waals surface area contributed by atoms with E-state index in [1.165, 1.54) is 0 Å². The molecule has 0 aliphatic rings. The topological polar surface area (TPSA) is 77.9 Å². The number of anilines is 1. The first-order chi connectivity index (χ1) is 7.27. The molecule has 0 unspecified atom stereocenters. The fourth-order valence-corrected chi connectivity index (χ4v) is 1.24. The molecule has 0 fully saturated rings. The van der Waals surface area contributed by atoms with Crippen LogP contribution in [0, 0.1) is 0 Å². The van der Waals surface area contributed by atoms with Gasteiger partial charge in [-0.2, -0.15) is 0 Å². The smallest absolute Gasteiger partial charge is 0.230 e. The fraction of sp³-hybridized carbons (Fsp3) is 0.300. The summed E-state index contributed by atoms with van der Waals surface area (Å²) in [6, 6.07) is 7.54. The zero-order chi connectivity index (χ0) is 11.1. The van der Waals surface area contributed by atoms with E-state index < -0.39 is 0 Å². The van der Waals surface area contributed by atoms with Crippen molar-refractivity contribution >= 4 is 11.6 Å². The van der Waals surface area contributed by atoms with Crippen molar-refractivity contribution in [2.45, 2.75) is 13.3 Å². The lowest BCUT2D eigenvalue weighted by molar-refractivity contribution is -0.114. The summed E-state index contributed by atoms with van der Waals surface area (Å²) >= 11 is 0. The number of aryl methyl sites for hydroxylation is 1. The second kappa shape index (κ2) is 5.67. The summed E-state index contributed by atoms with van der Waals surface area (Å²) in [5.74, 6) is -0.297. The quantitative estimate of drug-likeness (QED) is 0.456. The molecule has 1 aromatic carbocycles.